The molecule has 4 N–H and O–H groups in total. The molecule has 1 aliphatic rings. The molecule has 10 nitrogen and oxygen atoms in total. The molecule has 0 radical (unpaired) electrons. The number of nitrogen functional groups attached to an aromatic ring is 1. The summed E-state index contributed by atoms with van der Waals surface area (Å²) in [5.41, 5.74) is 6.39. The Morgan fingerprint density at radius 1 is 1.29 bits per heavy atom. The summed E-state index contributed by atoms with van der Waals surface area (Å²) in [4.78, 5) is 39.0. The first-order valence-electron chi connectivity index (χ1n) is 10.4. The number of ether oxygens (including phenoxy) is 1. The van der Waals surface area contributed by atoms with E-state index in [1.54, 1.807) is 24.5 Å². The highest BCUT2D eigenvalue weighted by Crippen LogP contribution is 2.26. The number of nitrogens with one attached hydrogen (secondary N) is 2. The van der Waals surface area contributed by atoms with Crippen LogP contribution in [0.15, 0.2) is 47.8 Å². The maximum Gasteiger partial charge on any atom is 0.281 e. The lowest BCUT2D eigenvalue weighted by molar-refractivity contribution is -0.121. The van der Waals surface area contributed by atoms with E-state index in [0.717, 1.165) is 20.7 Å². The van der Waals surface area contributed by atoms with Gasteiger partial charge in [0.25, 0.3) is 5.56 Å². The normalized spacial score (nSPS) is 14.8. The molecular weight excluding hydrogens is 478 g/mol. The summed E-state index contributed by atoms with van der Waals surface area (Å²) >= 11 is 7.42. The van der Waals surface area contributed by atoms with Gasteiger partial charge in [0.1, 0.15) is 25.3 Å². The van der Waals surface area contributed by atoms with Gasteiger partial charge in [0.15, 0.2) is 5.69 Å². The van der Waals surface area contributed by atoms with E-state index < -0.39 is 0 Å². The first-order valence-corrected chi connectivity index (χ1v) is 11.6. The van der Waals surface area contributed by atoms with Crippen molar-refractivity contribution in [3.63, 3.8) is 0 Å². The van der Waals surface area contributed by atoms with Gasteiger partial charge in [-0.25, -0.2) is 9.97 Å². The minimum absolute atomic E-state index is 0.163. The Labute approximate surface area is 202 Å². The summed E-state index contributed by atoms with van der Waals surface area (Å²) in [7, 11) is 0. The third-order valence-corrected chi connectivity index (χ3v) is 6.59. The average Bonchev–Trinajstić information content (AvgIpc) is 3.23. The number of nitrogens with two attached hydrogens (primary N) is 1. The van der Waals surface area contributed by atoms with Crippen molar-refractivity contribution in [3.05, 3.63) is 68.9 Å². The predicted octanol–water partition coefficient (Wildman–Crippen LogP) is 2.22. The van der Waals surface area contributed by atoms with Gasteiger partial charge in [0.2, 0.25) is 11.8 Å². The molecule has 174 valence electrons. The highest BCUT2D eigenvalue weighted by atomic mass is 35.5. The molecule has 0 aromatic carbocycles. The molecule has 4 aromatic heterocycles. The highest BCUT2D eigenvalue weighted by Gasteiger charge is 2.24. The molecule has 12 heteroatoms. The van der Waals surface area contributed by atoms with Crippen LogP contribution < -0.4 is 26.7 Å². The molecule has 5 rings (SSSR count). The monoisotopic (exact) mass is 497 g/mol. The quantitative estimate of drug-likeness (QED) is 0.369. The zero-order chi connectivity index (χ0) is 23.7. The second-order valence-electron chi connectivity index (χ2n) is 7.82. The van der Waals surface area contributed by atoms with E-state index in [2.05, 4.69) is 25.6 Å². The number of aromatic nitrogens is 4. The standard InChI is InChI=1S/C22H20ClN7O3S/c23-13-1-2-14(25-7-13)4-15-10-33-21-20(29-15)22(32)30(11-28-21)9-19(31)27-8-16-3-12-6-26-18(24)5-17(12)34-16/h1-3,5-7,11,15,29H,4,8-10H2,(H2,24,26)(H,27,31)/t15-/m1/s1. The van der Waals surface area contributed by atoms with Crippen molar-refractivity contribution in [2.45, 2.75) is 25.6 Å². The van der Waals surface area contributed by atoms with Gasteiger partial charge in [-0.05, 0) is 24.3 Å². The van der Waals surface area contributed by atoms with Crippen LogP contribution in [0.1, 0.15) is 10.6 Å². The summed E-state index contributed by atoms with van der Waals surface area (Å²) in [5, 5.41) is 7.54. The van der Waals surface area contributed by atoms with Gasteiger partial charge < -0.3 is 21.1 Å². The minimum Gasteiger partial charge on any atom is -0.474 e. The summed E-state index contributed by atoms with van der Waals surface area (Å²) < 4.78 is 7.92. The van der Waals surface area contributed by atoms with E-state index in [-0.39, 0.29) is 35.6 Å². The summed E-state index contributed by atoms with van der Waals surface area (Å²) in [6, 6.07) is 7.18. The number of hydrogen-bond acceptors (Lipinski definition) is 9. The Bertz CT molecular complexity index is 1420. The van der Waals surface area contributed by atoms with Crippen LogP contribution in [0, 0.1) is 0 Å². The molecule has 4 aromatic rings. The van der Waals surface area contributed by atoms with E-state index in [0.29, 0.717) is 30.4 Å². The first-order chi connectivity index (χ1) is 16.4. The third-order valence-electron chi connectivity index (χ3n) is 5.26. The number of thiophene rings is 1. The van der Waals surface area contributed by atoms with Crippen molar-refractivity contribution < 1.29 is 9.53 Å². The predicted molar refractivity (Wildman–Crippen MR) is 130 cm³/mol. The fraction of sp³-hybridized carbons (Fsp3) is 0.227. The van der Waals surface area contributed by atoms with Gasteiger partial charge in [0.05, 0.1) is 17.6 Å². The van der Waals surface area contributed by atoms with E-state index in [1.165, 1.54) is 22.2 Å². The molecule has 1 amide bonds. The van der Waals surface area contributed by atoms with Crippen molar-refractivity contribution >= 4 is 50.4 Å². The van der Waals surface area contributed by atoms with Crippen molar-refractivity contribution in [2.75, 3.05) is 17.7 Å². The van der Waals surface area contributed by atoms with Crippen molar-refractivity contribution in [2.24, 2.45) is 0 Å². The number of anilines is 2. The lowest BCUT2D eigenvalue weighted by Crippen LogP contribution is -2.40. The molecule has 0 saturated carbocycles. The van der Waals surface area contributed by atoms with Crippen molar-refractivity contribution in [1.82, 2.24) is 24.8 Å². The summed E-state index contributed by atoms with van der Waals surface area (Å²) in [5.74, 6) is 0.367. The number of carbonyl (C=O) groups is 1. The largest absolute Gasteiger partial charge is 0.474 e. The van der Waals surface area contributed by atoms with Gasteiger partial charge in [-0.1, -0.05) is 11.6 Å². The van der Waals surface area contributed by atoms with E-state index >= 15 is 0 Å². The van der Waals surface area contributed by atoms with Gasteiger partial charge in [-0.3, -0.25) is 19.1 Å². The number of rotatable bonds is 6. The molecule has 0 bridgehead atoms. The highest BCUT2D eigenvalue weighted by molar-refractivity contribution is 7.19. The number of halogens is 1. The second kappa shape index (κ2) is 9.27. The Morgan fingerprint density at radius 2 is 2.18 bits per heavy atom. The Kier molecular flexibility index (Phi) is 6.03. The topological polar surface area (TPSA) is 137 Å². The fourth-order valence-electron chi connectivity index (χ4n) is 3.62. The van der Waals surface area contributed by atoms with Crippen molar-refractivity contribution in [1.29, 1.82) is 0 Å². The van der Waals surface area contributed by atoms with Gasteiger partial charge in [-0.15, -0.1) is 11.3 Å². The van der Waals surface area contributed by atoms with Crippen LogP contribution in [0.2, 0.25) is 5.02 Å². The molecule has 1 atom stereocenters. The van der Waals surface area contributed by atoms with E-state index in [1.807, 2.05) is 12.1 Å². The summed E-state index contributed by atoms with van der Waals surface area (Å²) in [6.07, 6.45) is 5.14. The lowest BCUT2D eigenvalue weighted by atomic mass is 10.1. The van der Waals surface area contributed by atoms with Crippen LogP contribution in [0.4, 0.5) is 11.5 Å². The van der Waals surface area contributed by atoms with Crippen LogP contribution in [-0.4, -0.2) is 38.1 Å². The SMILES string of the molecule is Nc1cc2sc(CNC(=O)Cn3cnc4c(c3=O)N[C@H](Cc3ccc(Cl)cn3)CO4)cc2cn1. The Morgan fingerprint density at radius 3 is 3.00 bits per heavy atom. The van der Waals surface area contributed by atoms with Crippen LogP contribution in [0.3, 0.4) is 0 Å². The fourth-order valence-corrected chi connectivity index (χ4v) is 4.76. The zero-order valence-electron chi connectivity index (χ0n) is 17.8. The average molecular weight is 498 g/mol. The Hall–Kier alpha value is -3.70. The number of hydrogen-bond donors (Lipinski definition) is 3. The maximum atomic E-state index is 13.0. The molecule has 34 heavy (non-hydrogen) atoms. The molecular formula is C22H20ClN7O3S. The van der Waals surface area contributed by atoms with Crippen LogP contribution >= 0.6 is 22.9 Å². The number of amides is 1. The summed E-state index contributed by atoms with van der Waals surface area (Å²) in [6.45, 7) is 0.511. The van der Waals surface area contributed by atoms with E-state index in [9.17, 15) is 9.59 Å². The molecule has 0 spiro atoms. The van der Waals surface area contributed by atoms with Crippen molar-refractivity contribution in [3.8, 4) is 5.88 Å². The molecule has 1 aliphatic heterocycles. The number of fused-ring (bicyclic) bond motifs is 2. The number of pyridine rings is 2. The van der Waals surface area contributed by atoms with Gasteiger partial charge >= 0.3 is 0 Å². The maximum absolute atomic E-state index is 13.0. The van der Waals surface area contributed by atoms with Crippen LogP contribution in [-0.2, 0) is 24.3 Å². The molecule has 0 aliphatic carbocycles. The zero-order valence-corrected chi connectivity index (χ0v) is 19.4. The van der Waals surface area contributed by atoms with Gasteiger partial charge in [0, 0.05) is 39.5 Å². The molecule has 0 unspecified atom stereocenters. The molecule has 5 heterocycles. The smallest absolute Gasteiger partial charge is 0.281 e. The second-order valence-corrected chi connectivity index (χ2v) is 9.42. The number of nitrogens with zero attached hydrogens (tertiary/aromatic N) is 4. The number of carbonyl (C=O) groups excluding carboxylic acids is 1. The lowest BCUT2D eigenvalue weighted by Gasteiger charge is -2.26. The van der Waals surface area contributed by atoms with E-state index in [4.69, 9.17) is 22.1 Å². The van der Waals surface area contributed by atoms with Gasteiger partial charge in [-0.2, -0.15) is 0 Å². The first kappa shape index (κ1) is 22.1. The third kappa shape index (κ3) is 4.80. The van der Waals surface area contributed by atoms with Crippen LogP contribution in [0.5, 0.6) is 5.88 Å². The Balaban J connectivity index is 1.23. The molecule has 0 saturated heterocycles. The van der Waals surface area contributed by atoms with Crippen LogP contribution in [0.25, 0.3) is 10.1 Å². The molecule has 0 fully saturated rings. The minimum atomic E-state index is -0.377.